The number of methoxy groups -OCH3 is 1. The van der Waals surface area contributed by atoms with Gasteiger partial charge in [-0.25, -0.2) is 0 Å². The molecule has 0 bridgehead atoms. The smallest absolute Gasteiger partial charge is 0.122 e. The third kappa shape index (κ3) is 1.42. The van der Waals surface area contributed by atoms with E-state index in [1.54, 1.807) is 31.6 Å². The number of benzene rings is 1. The first-order chi connectivity index (χ1) is 6.31. The average molecular weight is 195 g/mol. The number of hydrogen-bond donors (Lipinski definition) is 0. The van der Waals surface area contributed by atoms with Crippen molar-refractivity contribution in [2.45, 2.75) is 0 Å². The van der Waals surface area contributed by atoms with Crippen LogP contribution in [0.2, 0.25) is 5.02 Å². The predicted molar refractivity (Wildman–Crippen MR) is 51.1 cm³/mol. The van der Waals surface area contributed by atoms with Gasteiger partial charge in [-0.05, 0) is 0 Å². The van der Waals surface area contributed by atoms with Crippen LogP contribution in [0.1, 0.15) is 0 Å². The Kier molecular flexibility index (Phi) is 2.02. The van der Waals surface area contributed by atoms with Crippen molar-refractivity contribution in [1.82, 2.24) is 9.97 Å². The Morgan fingerprint density at radius 3 is 2.77 bits per heavy atom. The number of aromatic nitrogens is 2. The van der Waals surface area contributed by atoms with Gasteiger partial charge in [0.05, 0.1) is 17.6 Å². The molecule has 3 nitrogen and oxygen atoms in total. The summed E-state index contributed by atoms with van der Waals surface area (Å²) >= 11 is 5.96. The largest absolute Gasteiger partial charge is 0.497 e. The van der Waals surface area contributed by atoms with E-state index in [1.165, 1.54) is 0 Å². The van der Waals surface area contributed by atoms with Crippen LogP contribution in [-0.2, 0) is 0 Å². The Bertz CT molecular complexity index is 445. The highest BCUT2D eigenvalue weighted by atomic mass is 35.5. The molecule has 0 spiro atoms. The van der Waals surface area contributed by atoms with Gasteiger partial charge in [-0.3, -0.25) is 9.97 Å². The number of ether oxygens (including phenoxy) is 1. The fourth-order valence-corrected chi connectivity index (χ4v) is 1.38. The second-order valence-corrected chi connectivity index (χ2v) is 2.94. The summed E-state index contributed by atoms with van der Waals surface area (Å²) < 4.78 is 5.05. The highest BCUT2D eigenvalue weighted by Crippen LogP contribution is 2.25. The minimum atomic E-state index is 0.558. The molecule has 1 aromatic heterocycles. The van der Waals surface area contributed by atoms with E-state index in [0.29, 0.717) is 16.3 Å². The standard InChI is InChI=1S/C9H7ClN2O/c1-13-6-4-7(10)9-8(5-6)11-2-3-12-9/h2-5H,1H3. The molecule has 0 aliphatic rings. The van der Waals surface area contributed by atoms with Crippen LogP contribution >= 0.6 is 11.6 Å². The Balaban J connectivity index is 2.77. The maximum absolute atomic E-state index is 5.96. The first-order valence-electron chi connectivity index (χ1n) is 3.75. The van der Waals surface area contributed by atoms with Crippen LogP contribution in [-0.4, -0.2) is 17.1 Å². The third-order valence-corrected chi connectivity index (χ3v) is 2.02. The minimum Gasteiger partial charge on any atom is -0.497 e. The van der Waals surface area contributed by atoms with Crippen molar-refractivity contribution in [2.24, 2.45) is 0 Å². The molecular weight excluding hydrogens is 188 g/mol. The molecule has 0 saturated heterocycles. The molecule has 2 rings (SSSR count). The molecule has 0 fully saturated rings. The molecule has 0 amide bonds. The maximum Gasteiger partial charge on any atom is 0.122 e. The number of fused-ring (bicyclic) bond motifs is 1. The number of hydrogen-bond acceptors (Lipinski definition) is 3. The molecule has 13 heavy (non-hydrogen) atoms. The predicted octanol–water partition coefficient (Wildman–Crippen LogP) is 2.29. The molecule has 0 atom stereocenters. The fourth-order valence-electron chi connectivity index (χ4n) is 1.13. The average Bonchev–Trinajstić information content (AvgIpc) is 2.18. The van der Waals surface area contributed by atoms with Gasteiger partial charge in [0.2, 0.25) is 0 Å². The molecular formula is C9H7ClN2O. The van der Waals surface area contributed by atoms with Gasteiger partial charge in [0.25, 0.3) is 0 Å². The Morgan fingerprint density at radius 1 is 1.23 bits per heavy atom. The van der Waals surface area contributed by atoms with Crippen molar-refractivity contribution in [3.63, 3.8) is 0 Å². The second kappa shape index (κ2) is 3.18. The highest BCUT2D eigenvalue weighted by Gasteiger charge is 2.03. The van der Waals surface area contributed by atoms with Crippen LogP contribution in [0.15, 0.2) is 24.5 Å². The van der Waals surface area contributed by atoms with Crippen LogP contribution in [0.4, 0.5) is 0 Å². The first kappa shape index (κ1) is 8.26. The number of nitrogens with zero attached hydrogens (tertiary/aromatic N) is 2. The van der Waals surface area contributed by atoms with Crippen LogP contribution < -0.4 is 4.74 Å². The van der Waals surface area contributed by atoms with Crippen molar-refractivity contribution < 1.29 is 4.74 Å². The van der Waals surface area contributed by atoms with Gasteiger partial charge < -0.3 is 4.74 Å². The van der Waals surface area contributed by atoms with Crippen molar-refractivity contribution in [2.75, 3.05) is 7.11 Å². The molecule has 0 aliphatic heterocycles. The second-order valence-electron chi connectivity index (χ2n) is 2.53. The minimum absolute atomic E-state index is 0.558. The molecule has 0 saturated carbocycles. The van der Waals surface area contributed by atoms with Crippen LogP contribution in [0.5, 0.6) is 5.75 Å². The van der Waals surface area contributed by atoms with E-state index in [4.69, 9.17) is 16.3 Å². The lowest BCUT2D eigenvalue weighted by Crippen LogP contribution is -1.87. The summed E-state index contributed by atoms with van der Waals surface area (Å²) in [7, 11) is 1.59. The van der Waals surface area contributed by atoms with E-state index >= 15 is 0 Å². The SMILES string of the molecule is COc1cc(Cl)c2nccnc2c1. The van der Waals surface area contributed by atoms with Crippen LogP contribution in [0, 0.1) is 0 Å². The zero-order chi connectivity index (χ0) is 9.26. The molecule has 0 unspecified atom stereocenters. The summed E-state index contributed by atoms with van der Waals surface area (Å²) in [5, 5.41) is 0.558. The molecule has 0 radical (unpaired) electrons. The molecule has 0 N–H and O–H groups in total. The first-order valence-corrected chi connectivity index (χ1v) is 4.13. The molecule has 0 aliphatic carbocycles. The van der Waals surface area contributed by atoms with Crippen molar-refractivity contribution >= 4 is 22.6 Å². The highest BCUT2D eigenvalue weighted by molar-refractivity contribution is 6.35. The number of rotatable bonds is 1. The Morgan fingerprint density at radius 2 is 2.00 bits per heavy atom. The van der Waals surface area contributed by atoms with E-state index in [9.17, 15) is 0 Å². The van der Waals surface area contributed by atoms with Gasteiger partial charge in [0.1, 0.15) is 11.3 Å². The molecule has 1 aromatic carbocycles. The van der Waals surface area contributed by atoms with E-state index in [-0.39, 0.29) is 0 Å². The summed E-state index contributed by atoms with van der Waals surface area (Å²) in [5.74, 6) is 0.693. The number of halogens is 1. The van der Waals surface area contributed by atoms with E-state index in [2.05, 4.69) is 9.97 Å². The topological polar surface area (TPSA) is 35.0 Å². The van der Waals surface area contributed by atoms with Gasteiger partial charge in [-0.2, -0.15) is 0 Å². The summed E-state index contributed by atoms with van der Waals surface area (Å²) in [5.41, 5.74) is 1.44. The monoisotopic (exact) mass is 194 g/mol. The Hall–Kier alpha value is -1.35. The lowest BCUT2D eigenvalue weighted by molar-refractivity contribution is 0.415. The van der Waals surface area contributed by atoms with Crippen LogP contribution in [0.3, 0.4) is 0 Å². The van der Waals surface area contributed by atoms with Gasteiger partial charge in [0.15, 0.2) is 0 Å². The van der Waals surface area contributed by atoms with Crippen molar-refractivity contribution in [1.29, 1.82) is 0 Å². The van der Waals surface area contributed by atoms with E-state index < -0.39 is 0 Å². The summed E-state index contributed by atoms with van der Waals surface area (Å²) in [6.45, 7) is 0. The van der Waals surface area contributed by atoms with Gasteiger partial charge >= 0.3 is 0 Å². The summed E-state index contributed by atoms with van der Waals surface area (Å²) in [6, 6.07) is 3.52. The lowest BCUT2D eigenvalue weighted by Gasteiger charge is -2.02. The normalized spacial score (nSPS) is 10.3. The molecule has 2 aromatic rings. The Labute approximate surface area is 80.3 Å². The zero-order valence-corrected chi connectivity index (χ0v) is 7.75. The maximum atomic E-state index is 5.96. The molecule has 1 heterocycles. The van der Waals surface area contributed by atoms with Gasteiger partial charge in [0, 0.05) is 24.5 Å². The van der Waals surface area contributed by atoms with Crippen molar-refractivity contribution in [3.05, 3.63) is 29.5 Å². The summed E-state index contributed by atoms with van der Waals surface area (Å²) in [6.07, 6.45) is 3.23. The summed E-state index contributed by atoms with van der Waals surface area (Å²) in [4.78, 5) is 8.23. The molecule has 66 valence electrons. The van der Waals surface area contributed by atoms with Gasteiger partial charge in [-0.15, -0.1) is 0 Å². The lowest BCUT2D eigenvalue weighted by atomic mass is 10.3. The van der Waals surface area contributed by atoms with Gasteiger partial charge in [-0.1, -0.05) is 11.6 Å². The third-order valence-electron chi connectivity index (χ3n) is 1.74. The zero-order valence-electron chi connectivity index (χ0n) is 6.99. The van der Waals surface area contributed by atoms with E-state index in [1.807, 2.05) is 0 Å². The van der Waals surface area contributed by atoms with Crippen molar-refractivity contribution in [3.8, 4) is 5.75 Å². The quantitative estimate of drug-likeness (QED) is 0.699. The molecule has 4 heteroatoms. The van der Waals surface area contributed by atoms with E-state index in [0.717, 1.165) is 5.52 Å². The fraction of sp³-hybridized carbons (Fsp3) is 0.111. The van der Waals surface area contributed by atoms with Crippen LogP contribution in [0.25, 0.3) is 11.0 Å².